The van der Waals surface area contributed by atoms with Crippen LogP contribution in [0.15, 0.2) is 72.8 Å². The van der Waals surface area contributed by atoms with Crippen LogP contribution in [0.4, 0.5) is 16.2 Å². The number of benzene rings is 3. The Hall–Kier alpha value is -4.04. The molecule has 1 heterocycles. The maximum absolute atomic E-state index is 12.7. The largest absolute Gasteiger partial charge is 0.496 e. The molecular weight excluding hydrogens is 456 g/mol. The summed E-state index contributed by atoms with van der Waals surface area (Å²) in [7, 11) is 1.50. The van der Waals surface area contributed by atoms with Crippen molar-refractivity contribution in [2.75, 3.05) is 43.9 Å². The summed E-state index contributed by atoms with van der Waals surface area (Å²) in [6.45, 7) is 3.60. The van der Waals surface area contributed by atoms with Crippen molar-refractivity contribution in [3.8, 4) is 17.2 Å². The fourth-order valence-corrected chi connectivity index (χ4v) is 4.12. The Balaban J connectivity index is 1.31. The summed E-state index contributed by atoms with van der Waals surface area (Å²) >= 11 is 0. The lowest BCUT2D eigenvalue weighted by molar-refractivity contribution is 0.0943. The highest BCUT2D eigenvalue weighted by molar-refractivity contribution is 6.01. The van der Waals surface area contributed by atoms with Gasteiger partial charge in [0, 0.05) is 36.6 Å². The molecule has 188 valence electrons. The average Bonchev–Trinajstić information content (AvgIpc) is 2.90. The molecule has 0 bridgehead atoms. The van der Waals surface area contributed by atoms with Gasteiger partial charge in [0.15, 0.2) is 0 Å². The number of ether oxygens (including phenoxy) is 2. The van der Waals surface area contributed by atoms with E-state index in [2.05, 4.69) is 20.9 Å². The molecule has 0 aliphatic carbocycles. The van der Waals surface area contributed by atoms with Crippen molar-refractivity contribution in [2.24, 2.45) is 0 Å². The number of rotatable bonds is 9. The number of carbonyl (C=O) groups is 2. The van der Waals surface area contributed by atoms with Crippen LogP contribution in [0.1, 0.15) is 29.6 Å². The Bertz CT molecular complexity index is 1160. The predicted octanol–water partition coefficient (Wildman–Crippen LogP) is 5.35. The van der Waals surface area contributed by atoms with Crippen molar-refractivity contribution < 1.29 is 19.1 Å². The molecule has 36 heavy (non-hydrogen) atoms. The van der Waals surface area contributed by atoms with E-state index in [9.17, 15) is 9.59 Å². The number of urea groups is 1. The Morgan fingerprint density at radius 2 is 1.56 bits per heavy atom. The molecule has 8 heteroatoms. The summed E-state index contributed by atoms with van der Waals surface area (Å²) in [5, 5.41) is 8.54. The van der Waals surface area contributed by atoms with Gasteiger partial charge < -0.3 is 30.3 Å². The van der Waals surface area contributed by atoms with Crippen molar-refractivity contribution in [3.05, 3.63) is 78.4 Å². The van der Waals surface area contributed by atoms with Gasteiger partial charge in [0.05, 0.1) is 12.7 Å². The van der Waals surface area contributed by atoms with Gasteiger partial charge in [0.25, 0.3) is 5.91 Å². The lowest BCUT2D eigenvalue weighted by atomic mass is 10.1. The van der Waals surface area contributed by atoms with Gasteiger partial charge in [-0.2, -0.15) is 0 Å². The summed E-state index contributed by atoms with van der Waals surface area (Å²) in [6, 6.07) is 21.1. The van der Waals surface area contributed by atoms with Gasteiger partial charge in [-0.15, -0.1) is 0 Å². The Labute approximate surface area is 211 Å². The highest BCUT2D eigenvalue weighted by Gasteiger charge is 2.15. The molecule has 0 radical (unpaired) electrons. The Kier molecular flexibility index (Phi) is 8.77. The second kappa shape index (κ2) is 12.6. The third-order valence-corrected chi connectivity index (χ3v) is 5.94. The third-order valence-electron chi connectivity index (χ3n) is 5.94. The van der Waals surface area contributed by atoms with Gasteiger partial charge in [-0.3, -0.25) is 4.79 Å². The Morgan fingerprint density at radius 3 is 2.31 bits per heavy atom. The maximum Gasteiger partial charge on any atom is 0.323 e. The van der Waals surface area contributed by atoms with Crippen LogP contribution < -0.4 is 25.4 Å². The first-order valence-corrected chi connectivity index (χ1v) is 12.2. The van der Waals surface area contributed by atoms with Crippen LogP contribution in [-0.4, -0.2) is 50.1 Å². The van der Waals surface area contributed by atoms with Crippen molar-refractivity contribution in [1.29, 1.82) is 0 Å². The number of nitrogens with zero attached hydrogens (tertiary/aromatic N) is 1. The molecule has 1 aliphatic heterocycles. The van der Waals surface area contributed by atoms with Crippen molar-refractivity contribution >= 4 is 23.3 Å². The molecule has 0 unspecified atom stereocenters. The molecule has 0 aromatic heterocycles. The van der Waals surface area contributed by atoms with Crippen molar-refractivity contribution in [1.82, 2.24) is 10.2 Å². The second-order valence-corrected chi connectivity index (χ2v) is 8.60. The number of para-hydroxylation sites is 1. The number of hydrogen-bond donors (Lipinski definition) is 3. The van der Waals surface area contributed by atoms with Crippen LogP contribution in [0.25, 0.3) is 0 Å². The number of likely N-dealkylation sites (tertiary alicyclic amines) is 1. The SMILES string of the molecule is COc1cc(NC(=O)Nc2cccc(Oc3ccccc3)c2)ccc1C(=O)NCCN1CCCCC1. The van der Waals surface area contributed by atoms with Gasteiger partial charge in [0.2, 0.25) is 0 Å². The first-order chi connectivity index (χ1) is 17.6. The minimum absolute atomic E-state index is 0.199. The highest BCUT2D eigenvalue weighted by atomic mass is 16.5. The zero-order chi connectivity index (χ0) is 25.2. The van der Waals surface area contributed by atoms with E-state index >= 15 is 0 Å². The minimum atomic E-state index is -0.423. The molecule has 0 atom stereocenters. The quantitative estimate of drug-likeness (QED) is 0.378. The number of methoxy groups -OCH3 is 1. The first-order valence-electron chi connectivity index (χ1n) is 12.2. The summed E-state index contributed by atoms with van der Waals surface area (Å²) in [5.74, 6) is 1.51. The molecule has 3 amide bonds. The fourth-order valence-electron chi connectivity index (χ4n) is 4.12. The van der Waals surface area contributed by atoms with Crippen LogP contribution in [-0.2, 0) is 0 Å². The van der Waals surface area contributed by atoms with E-state index in [1.165, 1.54) is 26.4 Å². The molecule has 4 rings (SSSR count). The van der Waals surface area contributed by atoms with Crippen LogP contribution in [0.3, 0.4) is 0 Å². The number of carbonyl (C=O) groups excluding carboxylic acids is 2. The zero-order valence-corrected chi connectivity index (χ0v) is 20.5. The van der Waals surface area contributed by atoms with E-state index in [-0.39, 0.29) is 5.91 Å². The summed E-state index contributed by atoms with van der Waals surface area (Å²) < 4.78 is 11.2. The Morgan fingerprint density at radius 1 is 0.833 bits per heavy atom. The lowest BCUT2D eigenvalue weighted by Gasteiger charge is -2.26. The average molecular weight is 489 g/mol. The van der Waals surface area contributed by atoms with Gasteiger partial charge >= 0.3 is 6.03 Å². The zero-order valence-electron chi connectivity index (χ0n) is 20.5. The summed E-state index contributed by atoms with van der Waals surface area (Å²) in [4.78, 5) is 27.6. The number of piperidine rings is 1. The van der Waals surface area contributed by atoms with Gasteiger partial charge in [-0.25, -0.2) is 4.79 Å². The molecule has 3 aromatic rings. The summed E-state index contributed by atoms with van der Waals surface area (Å²) in [6.07, 6.45) is 3.72. The van der Waals surface area contributed by atoms with E-state index in [0.717, 1.165) is 19.6 Å². The van der Waals surface area contributed by atoms with Crippen LogP contribution in [0.2, 0.25) is 0 Å². The lowest BCUT2D eigenvalue weighted by Crippen LogP contribution is -2.37. The maximum atomic E-state index is 12.7. The number of hydrogen-bond acceptors (Lipinski definition) is 5. The van der Waals surface area contributed by atoms with Gasteiger partial charge in [-0.05, 0) is 62.3 Å². The number of nitrogens with one attached hydrogen (secondary N) is 3. The molecule has 3 N–H and O–H groups in total. The molecule has 0 saturated carbocycles. The smallest absolute Gasteiger partial charge is 0.323 e. The third kappa shape index (κ3) is 7.23. The fraction of sp³-hybridized carbons (Fsp3) is 0.286. The van der Waals surface area contributed by atoms with E-state index in [4.69, 9.17) is 9.47 Å². The molecule has 1 fully saturated rings. The van der Waals surface area contributed by atoms with Crippen LogP contribution >= 0.6 is 0 Å². The van der Waals surface area contributed by atoms with E-state index in [0.29, 0.717) is 40.7 Å². The molecule has 3 aromatic carbocycles. The van der Waals surface area contributed by atoms with E-state index < -0.39 is 6.03 Å². The van der Waals surface area contributed by atoms with Crippen molar-refractivity contribution in [3.63, 3.8) is 0 Å². The number of amides is 3. The van der Waals surface area contributed by atoms with Gasteiger partial charge in [0.1, 0.15) is 17.2 Å². The molecule has 1 aliphatic rings. The topological polar surface area (TPSA) is 91.9 Å². The van der Waals surface area contributed by atoms with Crippen LogP contribution in [0, 0.1) is 0 Å². The van der Waals surface area contributed by atoms with E-state index in [1.807, 2.05) is 36.4 Å². The minimum Gasteiger partial charge on any atom is -0.496 e. The molecule has 0 spiro atoms. The monoisotopic (exact) mass is 488 g/mol. The molecular formula is C28H32N4O4. The summed E-state index contributed by atoms with van der Waals surface area (Å²) in [5.41, 5.74) is 1.51. The first kappa shape index (κ1) is 25.1. The van der Waals surface area contributed by atoms with E-state index in [1.54, 1.807) is 36.4 Å². The molecule has 1 saturated heterocycles. The second-order valence-electron chi connectivity index (χ2n) is 8.60. The number of anilines is 2. The predicted molar refractivity (Wildman–Crippen MR) is 141 cm³/mol. The standard InChI is InChI=1S/C28H32N4O4/c1-35-26-20-22(13-14-25(26)27(33)29-15-18-32-16-6-3-7-17-32)31-28(34)30-21-9-8-12-24(19-21)36-23-10-4-2-5-11-23/h2,4-5,8-14,19-20H,3,6-7,15-18H2,1H3,(H,29,33)(H2,30,31,34). The normalized spacial score (nSPS) is 13.5. The van der Waals surface area contributed by atoms with Gasteiger partial charge in [-0.1, -0.05) is 30.7 Å². The van der Waals surface area contributed by atoms with Crippen LogP contribution in [0.5, 0.6) is 17.2 Å². The molecule has 8 nitrogen and oxygen atoms in total. The van der Waals surface area contributed by atoms with Crippen molar-refractivity contribution in [2.45, 2.75) is 19.3 Å². The highest BCUT2D eigenvalue weighted by Crippen LogP contribution is 2.25.